The minimum Gasteiger partial charge on any atom is -0.354 e. The average Bonchev–Trinajstić information content (AvgIpc) is 3.21. The second kappa shape index (κ2) is 9.81. The van der Waals surface area contributed by atoms with Crippen molar-refractivity contribution in [1.29, 1.82) is 0 Å². The van der Waals surface area contributed by atoms with E-state index in [1.807, 2.05) is 30.3 Å². The first-order valence-electron chi connectivity index (χ1n) is 10.4. The van der Waals surface area contributed by atoms with Crippen LogP contribution in [0.25, 0.3) is 10.2 Å². The van der Waals surface area contributed by atoms with Crippen LogP contribution in [0.15, 0.2) is 47.4 Å². The number of carbonyl (C=O) groups is 1. The number of rotatable bonds is 7. The SMILES string of the molecule is Cc1ccc2sc(N3CCN(CCNC(=O)CSc4ccccc4)CC3)nc2c1C. The summed E-state index contributed by atoms with van der Waals surface area (Å²) in [6.45, 7) is 9.87. The molecule has 0 aliphatic carbocycles. The van der Waals surface area contributed by atoms with Gasteiger partial charge in [0, 0.05) is 44.2 Å². The molecule has 1 aliphatic rings. The highest BCUT2D eigenvalue weighted by molar-refractivity contribution is 8.00. The number of aromatic nitrogens is 1. The molecular formula is C23H28N4OS2. The highest BCUT2D eigenvalue weighted by Gasteiger charge is 2.20. The Balaban J connectivity index is 1.19. The number of aryl methyl sites for hydroxylation is 2. The topological polar surface area (TPSA) is 48.5 Å². The summed E-state index contributed by atoms with van der Waals surface area (Å²) in [4.78, 5) is 22.9. The first kappa shape index (κ1) is 21.2. The minimum absolute atomic E-state index is 0.0997. The molecule has 2 aromatic carbocycles. The molecule has 5 nitrogen and oxygen atoms in total. The molecule has 0 saturated carbocycles. The number of carbonyl (C=O) groups excluding carboxylic acids is 1. The number of benzene rings is 2. The number of thioether (sulfide) groups is 1. The summed E-state index contributed by atoms with van der Waals surface area (Å²) in [5, 5.41) is 4.18. The molecule has 158 valence electrons. The maximum atomic E-state index is 12.1. The fourth-order valence-electron chi connectivity index (χ4n) is 3.58. The summed E-state index contributed by atoms with van der Waals surface area (Å²) >= 11 is 3.37. The molecule has 1 fully saturated rings. The molecule has 4 rings (SSSR count). The van der Waals surface area contributed by atoms with E-state index in [4.69, 9.17) is 4.98 Å². The summed E-state index contributed by atoms with van der Waals surface area (Å²) in [6.07, 6.45) is 0. The van der Waals surface area contributed by atoms with Gasteiger partial charge >= 0.3 is 0 Å². The number of amides is 1. The van der Waals surface area contributed by atoms with E-state index in [-0.39, 0.29) is 5.91 Å². The molecule has 7 heteroatoms. The van der Waals surface area contributed by atoms with Crippen molar-refractivity contribution >= 4 is 44.4 Å². The van der Waals surface area contributed by atoms with Crippen LogP contribution in [-0.4, -0.2) is 60.8 Å². The van der Waals surface area contributed by atoms with Gasteiger partial charge in [-0.25, -0.2) is 4.98 Å². The fourth-order valence-corrected chi connectivity index (χ4v) is 5.41. The van der Waals surface area contributed by atoms with Crippen LogP contribution < -0.4 is 10.2 Å². The van der Waals surface area contributed by atoms with E-state index in [0.717, 1.165) is 48.3 Å². The van der Waals surface area contributed by atoms with Gasteiger partial charge < -0.3 is 10.2 Å². The molecule has 0 atom stereocenters. The second-order valence-corrected chi connectivity index (χ2v) is 9.69. The van der Waals surface area contributed by atoms with Gasteiger partial charge in [-0.05, 0) is 43.2 Å². The molecule has 0 radical (unpaired) electrons. The zero-order chi connectivity index (χ0) is 20.9. The normalized spacial score (nSPS) is 14.9. The highest BCUT2D eigenvalue weighted by Crippen LogP contribution is 2.32. The van der Waals surface area contributed by atoms with Crippen LogP contribution in [0.3, 0.4) is 0 Å². The lowest BCUT2D eigenvalue weighted by Crippen LogP contribution is -2.48. The number of hydrogen-bond donors (Lipinski definition) is 1. The van der Waals surface area contributed by atoms with Crippen molar-refractivity contribution in [3.8, 4) is 0 Å². The Bertz CT molecular complexity index is 997. The Labute approximate surface area is 186 Å². The van der Waals surface area contributed by atoms with E-state index in [9.17, 15) is 4.79 Å². The van der Waals surface area contributed by atoms with Crippen molar-refractivity contribution in [2.75, 3.05) is 49.9 Å². The van der Waals surface area contributed by atoms with Gasteiger partial charge in [0.2, 0.25) is 5.91 Å². The summed E-state index contributed by atoms with van der Waals surface area (Å²) in [5.41, 5.74) is 3.73. The van der Waals surface area contributed by atoms with Crippen molar-refractivity contribution in [2.45, 2.75) is 18.7 Å². The van der Waals surface area contributed by atoms with Gasteiger partial charge in [-0.2, -0.15) is 0 Å². The van der Waals surface area contributed by atoms with Crippen LogP contribution in [0, 0.1) is 13.8 Å². The Hall–Kier alpha value is -2.09. The molecule has 1 saturated heterocycles. The molecule has 1 amide bonds. The van der Waals surface area contributed by atoms with Crippen molar-refractivity contribution in [3.05, 3.63) is 53.6 Å². The molecule has 1 aromatic heterocycles. The van der Waals surface area contributed by atoms with Gasteiger partial charge in [-0.1, -0.05) is 35.6 Å². The van der Waals surface area contributed by atoms with E-state index in [1.165, 1.54) is 15.8 Å². The third-order valence-electron chi connectivity index (χ3n) is 5.58. The zero-order valence-corrected chi connectivity index (χ0v) is 19.2. The van der Waals surface area contributed by atoms with Gasteiger partial charge in [0.25, 0.3) is 0 Å². The van der Waals surface area contributed by atoms with Crippen LogP contribution in [0.4, 0.5) is 5.13 Å². The molecular weight excluding hydrogens is 412 g/mol. The van der Waals surface area contributed by atoms with Crippen molar-refractivity contribution in [1.82, 2.24) is 15.2 Å². The van der Waals surface area contributed by atoms with Gasteiger partial charge in [-0.15, -0.1) is 11.8 Å². The van der Waals surface area contributed by atoms with Crippen LogP contribution in [0.1, 0.15) is 11.1 Å². The lowest BCUT2D eigenvalue weighted by atomic mass is 10.1. The third kappa shape index (κ3) is 5.14. The van der Waals surface area contributed by atoms with E-state index in [2.05, 4.69) is 41.1 Å². The Morgan fingerprint density at radius 1 is 1.10 bits per heavy atom. The van der Waals surface area contributed by atoms with Crippen LogP contribution in [0.5, 0.6) is 0 Å². The predicted molar refractivity (Wildman–Crippen MR) is 128 cm³/mol. The second-order valence-electron chi connectivity index (χ2n) is 7.63. The number of hydrogen-bond acceptors (Lipinski definition) is 6. The zero-order valence-electron chi connectivity index (χ0n) is 17.6. The maximum absolute atomic E-state index is 12.1. The smallest absolute Gasteiger partial charge is 0.230 e. The Morgan fingerprint density at radius 2 is 1.87 bits per heavy atom. The van der Waals surface area contributed by atoms with Crippen molar-refractivity contribution in [3.63, 3.8) is 0 Å². The minimum atomic E-state index is 0.0997. The number of anilines is 1. The van der Waals surface area contributed by atoms with Crippen molar-refractivity contribution < 1.29 is 4.79 Å². The van der Waals surface area contributed by atoms with E-state index >= 15 is 0 Å². The van der Waals surface area contributed by atoms with Crippen LogP contribution >= 0.6 is 23.1 Å². The Kier molecular flexibility index (Phi) is 6.92. The third-order valence-corrected chi connectivity index (χ3v) is 7.67. The molecule has 1 aliphatic heterocycles. The van der Waals surface area contributed by atoms with Gasteiger partial charge in [0.15, 0.2) is 5.13 Å². The highest BCUT2D eigenvalue weighted by atomic mass is 32.2. The number of piperazine rings is 1. The molecule has 3 aromatic rings. The summed E-state index contributed by atoms with van der Waals surface area (Å²) < 4.78 is 1.27. The first-order valence-corrected chi connectivity index (χ1v) is 12.2. The summed E-state index contributed by atoms with van der Waals surface area (Å²) in [5.74, 6) is 0.566. The molecule has 0 unspecified atom stereocenters. The Morgan fingerprint density at radius 3 is 2.63 bits per heavy atom. The lowest BCUT2D eigenvalue weighted by molar-refractivity contribution is -0.118. The monoisotopic (exact) mass is 440 g/mol. The van der Waals surface area contributed by atoms with E-state index in [1.54, 1.807) is 23.1 Å². The van der Waals surface area contributed by atoms with Crippen molar-refractivity contribution in [2.24, 2.45) is 0 Å². The number of fused-ring (bicyclic) bond motifs is 1. The molecule has 30 heavy (non-hydrogen) atoms. The molecule has 2 heterocycles. The van der Waals surface area contributed by atoms with Gasteiger partial charge in [0.05, 0.1) is 16.0 Å². The maximum Gasteiger partial charge on any atom is 0.230 e. The first-order chi connectivity index (χ1) is 14.6. The molecule has 0 bridgehead atoms. The van der Waals surface area contributed by atoms with E-state index < -0.39 is 0 Å². The molecule has 0 spiro atoms. The molecule has 1 N–H and O–H groups in total. The average molecular weight is 441 g/mol. The number of nitrogens with zero attached hydrogens (tertiary/aromatic N) is 3. The number of nitrogens with one attached hydrogen (secondary N) is 1. The van der Waals surface area contributed by atoms with Crippen LogP contribution in [-0.2, 0) is 4.79 Å². The largest absolute Gasteiger partial charge is 0.354 e. The van der Waals surface area contributed by atoms with Gasteiger partial charge in [-0.3, -0.25) is 9.69 Å². The summed E-state index contributed by atoms with van der Waals surface area (Å²) in [7, 11) is 0. The summed E-state index contributed by atoms with van der Waals surface area (Å²) in [6, 6.07) is 14.4. The standard InChI is InChI=1S/C23H28N4OS2/c1-17-8-9-20-22(18(17)2)25-23(30-20)27-14-12-26(13-15-27)11-10-24-21(28)16-29-19-6-4-3-5-7-19/h3-9H,10-16H2,1-2H3,(H,24,28). The predicted octanol–water partition coefficient (Wildman–Crippen LogP) is 3.94. The van der Waals surface area contributed by atoms with Gasteiger partial charge in [0.1, 0.15) is 0 Å². The quantitative estimate of drug-likeness (QED) is 0.564. The number of thiazole rings is 1. The lowest BCUT2D eigenvalue weighted by Gasteiger charge is -2.34. The fraction of sp³-hybridized carbons (Fsp3) is 0.391. The van der Waals surface area contributed by atoms with E-state index in [0.29, 0.717) is 12.3 Å². The van der Waals surface area contributed by atoms with Crippen LogP contribution in [0.2, 0.25) is 0 Å².